The van der Waals surface area contributed by atoms with Crippen molar-refractivity contribution in [1.29, 1.82) is 0 Å². The number of anilines is 1. The molecule has 0 atom stereocenters. The maximum absolute atomic E-state index is 12.3. The number of nitrogens with one attached hydrogen (secondary N) is 1. The van der Waals surface area contributed by atoms with Gasteiger partial charge >= 0.3 is 0 Å². The van der Waals surface area contributed by atoms with Gasteiger partial charge < -0.3 is 10.2 Å². The average molecular weight is 375 g/mol. The first-order valence-corrected chi connectivity index (χ1v) is 10.3. The van der Waals surface area contributed by atoms with E-state index in [4.69, 9.17) is 0 Å². The molecule has 0 aromatic carbocycles. The summed E-state index contributed by atoms with van der Waals surface area (Å²) >= 11 is 2.45. The predicted molar refractivity (Wildman–Crippen MR) is 89.4 cm³/mol. The number of hydrogen-bond donors (Lipinski definition) is 1. The van der Waals surface area contributed by atoms with Crippen LogP contribution in [0, 0.1) is 0 Å². The van der Waals surface area contributed by atoms with Crippen LogP contribution in [0.2, 0.25) is 0 Å². The number of thiophene rings is 1. The van der Waals surface area contributed by atoms with Crippen LogP contribution in [0.1, 0.15) is 12.8 Å². The van der Waals surface area contributed by atoms with Crippen LogP contribution in [0.15, 0.2) is 14.5 Å². The SMILES string of the molecule is CN(C)S(=O)(=O)c1cc2c(s1)SCC(=O)N2CC(=O)NC1CC1. The highest BCUT2D eigenvalue weighted by atomic mass is 32.3. The third kappa shape index (κ3) is 3.39. The molecule has 0 spiro atoms. The number of nitrogens with zero attached hydrogens (tertiary/aromatic N) is 2. The van der Waals surface area contributed by atoms with Gasteiger partial charge in [0.2, 0.25) is 11.8 Å². The van der Waals surface area contributed by atoms with Crippen LogP contribution in [-0.4, -0.2) is 57.0 Å². The summed E-state index contributed by atoms with van der Waals surface area (Å²) in [6.07, 6.45) is 1.95. The highest BCUT2D eigenvalue weighted by Crippen LogP contribution is 2.43. The van der Waals surface area contributed by atoms with E-state index in [-0.39, 0.29) is 34.4 Å². The summed E-state index contributed by atoms with van der Waals surface area (Å²) in [4.78, 5) is 25.5. The van der Waals surface area contributed by atoms with Gasteiger partial charge in [-0.25, -0.2) is 12.7 Å². The molecule has 126 valence electrons. The minimum absolute atomic E-state index is 0.0684. The number of thioether (sulfide) groups is 1. The first-order chi connectivity index (χ1) is 10.8. The van der Waals surface area contributed by atoms with Gasteiger partial charge in [0.05, 0.1) is 15.6 Å². The first kappa shape index (κ1) is 16.7. The highest BCUT2D eigenvalue weighted by Gasteiger charge is 2.33. The van der Waals surface area contributed by atoms with Crippen LogP contribution in [0.25, 0.3) is 0 Å². The lowest BCUT2D eigenvalue weighted by Crippen LogP contribution is -2.43. The monoisotopic (exact) mass is 375 g/mol. The molecule has 1 aromatic rings. The summed E-state index contributed by atoms with van der Waals surface area (Å²) in [6, 6.07) is 1.72. The van der Waals surface area contributed by atoms with E-state index in [1.165, 1.54) is 36.8 Å². The summed E-state index contributed by atoms with van der Waals surface area (Å²) in [5, 5.41) is 2.85. The van der Waals surface area contributed by atoms with Crippen LogP contribution < -0.4 is 10.2 Å². The second kappa shape index (κ2) is 6.08. The number of hydrogen-bond acceptors (Lipinski definition) is 6. The number of carbonyl (C=O) groups excluding carboxylic acids is 2. The van der Waals surface area contributed by atoms with E-state index in [2.05, 4.69) is 5.32 Å². The summed E-state index contributed by atoms with van der Waals surface area (Å²) in [5.41, 5.74) is 0.516. The predicted octanol–water partition coefficient (Wildman–Crippen LogP) is 0.716. The van der Waals surface area contributed by atoms with Crippen molar-refractivity contribution in [1.82, 2.24) is 9.62 Å². The Hall–Kier alpha value is -1.10. The van der Waals surface area contributed by atoms with Crippen molar-refractivity contribution >= 4 is 50.6 Å². The largest absolute Gasteiger partial charge is 0.352 e. The van der Waals surface area contributed by atoms with Crippen molar-refractivity contribution in [2.24, 2.45) is 0 Å². The fourth-order valence-corrected chi connectivity index (χ4v) is 6.03. The van der Waals surface area contributed by atoms with Crippen molar-refractivity contribution in [2.75, 3.05) is 31.3 Å². The minimum Gasteiger partial charge on any atom is -0.352 e. The van der Waals surface area contributed by atoms with Gasteiger partial charge in [-0.05, 0) is 18.9 Å². The van der Waals surface area contributed by atoms with Crippen LogP contribution in [0.5, 0.6) is 0 Å². The Labute approximate surface area is 143 Å². The highest BCUT2D eigenvalue weighted by molar-refractivity contribution is 8.02. The Kier molecular flexibility index (Phi) is 4.43. The maximum Gasteiger partial charge on any atom is 0.252 e. The molecule has 7 nitrogen and oxygen atoms in total. The topological polar surface area (TPSA) is 86.8 Å². The van der Waals surface area contributed by atoms with Crippen molar-refractivity contribution in [3.63, 3.8) is 0 Å². The normalized spacial score (nSPS) is 18.2. The molecule has 0 unspecified atom stereocenters. The molecule has 1 fully saturated rings. The molecule has 10 heteroatoms. The van der Waals surface area contributed by atoms with Gasteiger partial charge in [0.1, 0.15) is 10.8 Å². The number of rotatable bonds is 5. The third-order valence-corrected chi connectivity index (χ3v) is 8.20. The smallest absolute Gasteiger partial charge is 0.252 e. The van der Waals surface area contributed by atoms with Crippen molar-refractivity contribution in [2.45, 2.75) is 27.3 Å². The van der Waals surface area contributed by atoms with Crippen molar-refractivity contribution < 1.29 is 18.0 Å². The van der Waals surface area contributed by atoms with E-state index in [1.54, 1.807) is 0 Å². The molecule has 1 aliphatic carbocycles. The van der Waals surface area contributed by atoms with E-state index in [0.29, 0.717) is 5.69 Å². The van der Waals surface area contributed by atoms with E-state index >= 15 is 0 Å². The number of fused-ring (bicyclic) bond motifs is 1. The molecule has 1 aromatic heterocycles. The van der Waals surface area contributed by atoms with Gasteiger partial charge in [0, 0.05) is 20.1 Å². The molecule has 1 saturated carbocycles. The summed E-state index contributed by atoms with van der Waals surface area (Å²) in [5.74, 6) is -0.173. The van der Waals surface area contributed by atoms with E-state index in [1.807, 2.05) is 0 Å². The summed E-state index contributed by atoms with van der Waals surface area (Å²) in [6.45, 7) is -0.0684. The van der Waals surface area contributed by atoms with E-state index < -0.39 is 10.0 Å². The molecule has 1 N–H and O–H groups in total. The minimum atomic E-state index is -3.55. The third-order valence-electron chi connectivity index (χ3n) is 3.55. The summed E-state index contributed by atoms with van der Waals surface area (Å²) in [7, 11) is -0.618. The molecular formula is C13H17N3O4S3. The van der Waals surface area contributed by atoms with Crippen LogP contribution >= 0.6 is 23.1 Å². The Morgan fingerprint density at radius 3 is 2.74 bits per heavy atom. The Balaban J connectivity index is 1.87. The first-order valence-electron chi connectivity index (χ1n) is 7.08. The Morgan fingerprint density at radius 1 is 1.43 bits per heavy atom. The average Bonchev–Trinajstić information content (AvgIpc) is 3.16. The lowest BCUT2D eigenvalue weighted by molar-refractivity contribution is -0.123. The Bertz CT molecular complexity index is 753. The molecule has 0 saturated heterocycles. The summed E-state index contributed by atoms with van der Waals surface area (Å²) < 4.78 is 26.6. The molecule has 1 aliphatic heterocycles. The van der Waals surface area contributed by atoms with Gasteiger partial charge in [0.15, 0.2) is 0 Å². The quantitative estimate of drug-likeness (QED) is 0.819. The van der Waals surface area contributed by atoms with E-state index in [0.717, 1.165) is 32.7 Å². The zero-order valence-corrected chi connectivity index (χ0v) is 15.2. The number of sulfonamides is 1. The molecular weight excluding hydrogens is 358 g/mol. The molecule has 2 heterocycles. The standard InChI is InChI=1S/C13H17N3O4S3/c1-15(2)23(19,20)12-5-9-13(22-12)21-7-11(18)16(9)6-10(17)14-8-3-4-8/h5,8H,3-4,6-7H2,1-2H3,(H,14,17). The molecule has 0 bridgehead atoms. The van der Waals surface area contributed by atoms with Gasteiger partial charge in [-0.1, -0.05) is 0 Å². The van der Waals surface area contributed by atoms with E-state index in [9.17, 15) is 18.0 Å². The number of carbonyl (C=O) groups is 2. The molecule has 23 heavy (non-hydrogen) atoms. The lowest BCUT2D eigenvalue weighted by atomic mass is 10.3. The Morgan fingerprint density at radius 2 is 2.13 bits per heavy atom. The maximum atomic E-state index is 12.3. The van der Waals surface area contributed by atoms with Gasteiger partial charge in [-0.2, -0.15) is 0 Å². The second-order valence-corrected chi connectivity index (χ2v) is 10.3. The fourth-order valence-electron chi connectivity index (χ4n) is 2.10. The molecule has 2 aliphatic rings. The van der Waals surface area contributed by atoms with Gasteiger partial charge in [0.25, 0.3) is 10.0 Å². The second-order valence-electron chi connectivity index (χ2n) is 5.64. The van der Waals surface area contributed by atoms with Crippen LogP contribution in [0.4, 0.5) is 5.69 Å². The zero-order chi connectivity index (χ0) is 16.8. The number of amides is 2. The fraction of sp³-hybridized carbons (Fsp3) is 0.538. The van der Waals surface area contributed by atoms with Gasteiger partial charge in [-0.15, -0.1) is 23.1 Å². The zero-order valence-electron chi connectivity index (χ0n) is 12.7. The molecule has 3 rings (SSSR count). The van der Waals surface area contributed by atoms with Crippen molar-refractivity contribution in [3.8, 4) is 0 Å². The van der Waals surface area contributed by atoms with Gasteiger partial charge in [-0.3, -0.25) is 9.59 Å². The molecule has 2 amide bonds. The van der Waals surface area contributed by atoms with Crippen molar-refractivity contribution in [3.05, 3.63) is 6.07 Å². The van der Waals surface area contributed by atoms with Crippen LogP contribution in [-0.2, 0) is 19.6 Å². The van der Waals surface area contributed by atoms with Crippen LogP contribution in [0.3, 0.4) is 0 Å². The lowest BCUT2D eigenvalue weighted by Gasteiger charge is -2.25. The molecule has 0 radical (unpaired) electrons.